The lowest BCUT2D eigenvalue weighted by molar-refractivity contribution is -0.0262. The fourth-order valence-electron chi connectivity index (χ4n) is 3.39. The van der Waals surface area contributed by atoms with Crippen molar-refractivity contribution >= 4 is 15.9 Å². The summed E-state index contributed by atoms with van der Waals surface area (Å²) in [7, 11) is 0. The minimum absolute atomic E-state index is 0.136. The van der Waals surface area contributed by atoms with Crippen molar-refractivity contribution in [2.75, 3.05) is 5.33 Å². The first kappa shape index (κ1) is 12.9. The van der Waals surface area contributed by atoms with Crippen LogP contribution in [0.3, 0.4) is 0 Å². The molecule has 1 saturated carbocycles. The number of ether oxygens (including phenoxy) is 1. The van der Waals surface area contributed by atoms with E-state index in [-0.39, 0.29) is 5.60 Å². The normalized spacial score (nSPS) is 32.1. The third kappa shape index (κ3) is 3.22. The zero-order chi connectivity index (χ0) is 11.6. The predicted molar refractivity (Wildman–Crippen MR) is 72.0 cm³/mol. The third-order valence-electron chi connectivity index (χ3n) is 4.38. The highest BCUT2D eigenvalue weighted by Gasteiger charge is 2.34. The number of hydrogen-bond acceptors (Lipinski definition) is 1. The molecule has 0 aromatic carbocycles. The van der Waals surface area contributed by atoms with E-state index in [1.807, 2.05) is 0 Å². The highest BCUT2D eigenvalue weighted by atomic mass is 79.9. The highest BCUT2D eigenvalue weighted by Crippen LogP contribution is 2.39. The number of alkyl halides is 1. The topological polar surface area (TPSA) is 9.23 Å². The van der Waals surface area contributed by atoms with Gasteiger partial charge in [0.15, 0.2) is 0 Å². The lowest BCUT2D eigenvalue weighted by atomic mass is 9.87. The number of rotatable bonds is 4. The van der Waals surface area contributed by atoms with Crippen molar-refractivity contribution in [3.63, 3.8) is 0 Å². The van der Waals surface area contributed by atoms with Gasteiger partial charge in [-0.25, -0.2) is 0 Å². The van der Waals surface area contributed by atoms with Crippen LogP contribution in [0.5, 0.6) is 0 Å². The van der Waals surface area contributed by atoms with Crippen molar-refractivity contribution in [1.29, 1.82) is 0 Å². The first-order valence-electron chi connectivity index (χ1n) is 6.84. The summed E-state index contributed by atoms with van der Waals surface area (Å²) in [5, 5.41) is 1.16. The minimum atomic E-state index is 0.136. The molecule has 0 aromatic heterocycles. The van der Waals surface area contributed by atoms with Crippen LogP contribution >= 0.6 is 15.9 Å². The van der Waals surface area contributed by atoms with Crippen LogP contribution < -0.4 is 0 Å². The Bertz CT molecular complexity index is 221. The maximum Gasteiger partial charge on any atom is 0.0631 e. The monoisotopic (exact) mass is 288 g/mol. The molecule has 2 heteroatoms. The van der Waals surface area contributed by atoms with E-state index in [0.717, 1.165) is 17.2 Å². The van der Waals surface area contributed by atoms with E-state index in [0.29, 0.717) is 6.10 Å². The smallest absolute Gasteiger partial charge is 0.0631 e. The molecular weight excluding hydrogens is 264 g/mol. The molecule has 0 spiro atoms. The summed E-state index contributed by atoms with van der Waals surface area (Å²) in [6.07, 6.45) is 10.1. The third-order valence-corrected chi connectivity index (χ3v) is 5.22. The van der Waals surface area contributed by atoms with Crippen LogP contribution in [0, 0.1) is 11.8 Å². The van der Waals surface area contributed by atoms with E-state index < -0.39 is 0 Å². The molecule has 1 nitrogen and oxygen atoms in total. The number of halogens is 1. The Balaban J connectivity index is 1.82. The summed E-state index contributed by atoms with van der Waals surface area (Å²) in [4.78, 5) is 0. The first-order valence-corrected chi connectivity index (χ1v) is 7.96. The van der Waals surface area contributed by atoms with Crippen molar-refractivity contribution in [2.24, 2.45) is 11.8 Å². The molecule has 2 rings (SSSR count). The van der Waals surface area contributed by atoms with Crippen LogP contribution in [0.15, 0.2) is 0 Å². The zero-order valence-electron chi connectivity index (χ0n) is 10.7. The molecule has 1 aliphatic heterocycles. The SMILES string of the molecule is CC1(C)CCC(CC(CBr)C2CCCC2)O1. The molecule has 94 valence electrons. The van der Waals surface area contributed by atoms with Gasteiger partial charge in [0.1, 0.15) is 0 Å². The fourth-order valence-corrected chi connectivity index (χ4v) is 4.18. The largest absolute Gasteiger partial charge is 0.372 e. The van der Waals surface area contributed by atoms with E-state index in [4.69, 9.17) is 4.74 Å². The van der Waals surface area contributed by atoms with E-state index in [9.17, 15) is 0 Å². The van der Waals surface area contributed by atoms with Crippen LogP contribution in [0.4, 0.5) is 0 Å². The molecular formula is C14H25BrO. The molecule has 2 unspecified atom stereocenters. The van der Waals surface area contributed by atoms with Gasteiger partial charge < -0.3 is 4.74 Å². The molecule has 0 amide bonds. The Kier molecular flexibility index (Phi) is 4.34. The summed E-state index contributed by atoms with van der Waals surface area (Å²) in [6, 6.07) is 0. The van der Waals surface area contributed by atoms with Crippen LogP contribution in [-0.4, -0.2) is 17.0 Å². The Morgan fingerprint density at radius 1 is 1.25 bits per heavy atom. The Morgan fingerprint density at radius 3 is 2.44 bits per heavy atom. The van der Waals surface area contributed by atoms with Gasteiger partial charge in [-0.1, -0.05) is 41.6 Å². The molecule has 1 aliphatic carbocycles. The van der Waals surface area contributed by atoms with Crippen LogP contribution in [-0.2, 0) is 4.74 Å². The van der Waals surface area contributed by atoms with E-state index in [1.54, 1.807) is 0 Å². The molecule has 1 heterocycles. The second kappa shape index (κ2) is 5.39. The summed E-state index contributed by atoms with van der Waals surface area (Å²) in [5.41, 5.74) is 0.136. The lowest BCUT2D eigenvalue weighted by Gasteiger charge is -2.26. The van der Waals surface area contributed by atoms with E-state index >= 15 is 0 Å². The van der Waals surface area contributed by atoms with Crippen LogP contribution in [0.1, 0.15) is 58.8 Å². The van der Waals surface area contributed by atoms with Crippen molar-refractivity contribution in [3.8, 4) is 0 Å². The van der Waals surface area contributed by atoms with Crippen LogP contribution in [0.25, 0.3) is 0 Å². The van der Waals surface area contributed by atoms with Gasteiger partial charge >= 0.3 is 0 Å². The maximum atomic E-state index is 6.12. The summed E-state index contributed by atoms with van der Waals surface area (Å²) in [5.74, 6) is 1.81. The van der Waals surface area contributed by atoms with Gasteiger partial charge in [0.25, 0.3) is 0 Å². The maximum absolute atomic E-state index is 6.12. The second-order valence-corrected chi connectivity index (χ2v) is 6.88. The minimum Gasteiger partial charge on any atom is -0.372 e. The molecule has 2 fully saturated rings. The van der Waals surface area contributed by atoms with Crippen molar-refractivity contribution in [1.82, 2.24) is 0 Å². The standard InChI is InChI=1S/C14H25BrO/c1-14(2)8-7-13(16-14)9-12(10-15)11-5-3-4-6-11/h11-13H,3-10H2,1-2H3. The molecule has 2 atom stereocenters. The van der Waals surface area contributed by atoms with Gasteiger partial charge in [-0.15, -0.1) is 0 Å². The Hall–Kier alpha value is 0.440. The molecule has 1 saturated heterocycles. The molecule has 16 heavy (non-hydrogen) atoms. The van der Waals surface area contributed by atoms with Gasteiger partial charge in [-0.2, -0.15) is 0 Å². The van der Waals surface area contributed by atoms with Gasteiger partial charge in [-0.3, -0.25) is 0 Å². The second-order valence-electron chi connectivity index (χ2n) is 6.23. The summed E-state index contributed by atoms with van der Waals surface area (Å²) >= 11 is 3.71. The van der Waals surface area contributed by atoms with Gasteiger partial charge in [-0.05, 0) is 44.9 Å². The molecule has 0 bridgehead atoms. The average Bonchev–Trinajstić information content (AvgIpc) is 2.84. The van der Waals surface area contributed by atoms with Crippen molar-refractivity contribution in [3.05, 3.63) is 0 Å². The van der Waals surface area contributed by atoms with Crippen LogP contribution in [0.2, 0.25) is 0 Å². The highest BCUT2D eigenvalue weighted by molar-refractivity contribution is 9.09. The number of hydrogen-bond donors (Lipinski definition) is 0. The Morgan fingerprint density at radius 2 is 1.94 bits per heavy atom. The average molecular weight is 289 g/mol. The van der Waals surface area contributed by atoms with Gasteiger partial charge in [0, 0.05) is 5.33 Å². The molecule has 0 N–H and O–H groups in total. The van der Waals surface area contributed by atoms with E-state index in [2.05, 4.69) is 29.8 Å². The molecule has 2 aliphatic rings. The summed E-state index contributed by atoms with van der Waals surface area (Å²) in [6.45, 7) is 4.46. The summed E-state index contributed by atoms with van der Waals surface area (Å²) < 4.78 is 6.12. The van der Waals surface area contributed by atoms with Gasteiger partial charge in [0.2, 0.25) is 0 Å². The lowest BCUT2D eigenvalue weighted by Crippen LogP contribution is -2.24. The van der Waals surface area contributed by atoms with E-state index in [1.165, 1.54) is 44.9 Å². The van der Waals surface area contributed by atoms with Crippen molar-refractivity contribution < 1.29 is 4.74 Å². The predicted octanol–water partition coefficient (Wildman–Crippen LogP) is 4.54. The Labute approximate surface area is 108 Å². The molecule has 0 radical (unpaired) electrons. The molecule has 0 aromatic rings. The van der Waals surface area contributed by atoms with Crippen molar-refractivity contribution in [2.45, 2.75) is 70.5 Å². The quantitative estimate of drug-likeness (QED) is 0.691. The first-order chi connectivity index (χ1) is 7.61. The zero-order valence-corrected chi connectivity index (χ0v) is 12.3. The van der Waals surface area contributed by atoms with Gasteiger partial charge in [0.05, 0.1) is 11.7 Å². The fraction of sp³-hybridized carbons (Fsp3) is 1.00.